The second-order valence-corrected chi connectivity index (χ2v) is 11.2. The molecule has 38 heavy (non-hydrogen) atoms. The van der Waals surface area contributed by atoms with E-state index in [4.69, 9.17) is 9.47 Å². The van der Waals surface area contributed by atoms with Crippen LogP contribution in [0.5, 0.6) is 11.5 Å². The molecule has 0 spiro atoms. The highest BCUT2D eigenvalue weighted by Crippen LogP contribution is 2.69. The van der Waals surface area contributed by atoms with Crippen molar-refractivity contribution in [2.45, 2.75) is 23.2 Å². The minimum atomic E-state index is -2.00. The highest BCUT2D eigenvalue weighted by atomic mass is 79.9. The molecule has 1 unspecified atom stereocenters. The number of likely N-dealkylation sites (N-methyl/N-ethyl adjacent to an activating group) is 1. The number of aliphatic hydroxyl groups excluding tert-OH is 1. The molecule has 1 aromatic heterocycles. The van der Waals surface area contributed by atoms with Gasteiger partial charge in [-0.05, 0) is 30.3 Å². The zero-order valence-electron chi connectivity index (χ0n) is 21.3. The first-order valence-corrected chi connectivity index (χ1v) is 13.5. The number of methoxy groups -OCH3 is 1. The fraction of sp³-hybridized carbons (Fsp3) is 0.379. The van der Waals surface area contributed by atoms with Crippen molar-refractivity contribution in [3.8, 4) is 11.5 Å². The van der Waals surface area contributed by atoms with Crippen LogP contribution in [0, 0.1) is 5.92 Å². The normalized spacial score (nSPS) is 30.4. The van der Waals surface area contributed by atoms with Crippen LogP contribution in [-0.4, -0.2) is 77.3 Å². The lowest BCUT2D eigenvalue weighted by Gasteiger charge is -2.41. The summed E-state index contributed by atoms with van der Waals surface area (Å²) in [6, 6.07) is 17.0. The number of piperazine rings is 1. The Morgan fingerprint density at radius 3 is 2.42 bits per heavy atom. The van der Waals surface area contributed by atoms with Crippen LogP contribution in [0.1, 0.15) is 22.6 Å². The number of hydrogen-bond acceptors (Lipinski definition) is 7. The molecule has 0 radical (unpaired) electrons. The molecule has 3 aliphatic rings. The number of fused-ring (bicyclic) bond motifs is 3. The molecule has 2 aliphatic heterocycles. The van der Waals surface area contributed by atoms with Gasteiger partial charge in [-0.25, -0.2) is 0 Å². The van der Waals surface area contributed by atoms with Gasteiger partial charge in [0, 0.05) is 36.6 Å². The lowest BCUT2D eigenvalue weighted by atomic mass is 9.70. The zero-order valence-corrected chi connectivity index (χ0v) is 22.8. The van der Waals surface area contributed by atoms with Crippen molar-refractivity contribution in [1.29, 1.82) is 0 Å². The Morgan fingerprint density at radius 1 is 1.08 bits per heavy atom. The van der Waals surface area contributed by atoms with Gasteiger partial charge in [0.1, 0.15) is 17.6 Å². The standard InChI is InChI=1S/C29H30BrN3O5/c1-32-12-14-33(15-13-32)27(35)23-24(18-6-4-3-5-7-18)29(19-8-10-20(30)11-9-19)28(36,26(23)34)25-21(37-2)16-31-17-22(25)38-29/h3-11,16-17,23-24,26,34,36H,12-15H2,1-2H3/t23-,24?,26-,28+,29+/m1/s1. The van der Waals surface area contributed by atoms with E-state index in [-0.39, 0.29) is 5.91 Å². The molecule has 2 N–H and O–H groups in total. The molecule has 0 bridgehead atoms. The number of amides is 1. The van der Waals surface area contributed by atoms with Crippen LogP contribution >= 0.6 is 15.9 Å². The van der Waals surface area contributed by atoms with Gasteiger partial charge in [0.05, 0.1) is 31.0 Å². The average molecular weight is 580 g/mol. The third-order valence-corrected chi connectivity index (χ3v) is 8.94. The van der Waals surface area contributed by atoms with E-state index in [9.17, 15) is 15.0 Å². The number of nitrogens with zero attached hydrogens (tertiary/aromatic N) is 3. The average Bonchev–Trinajstić information content (AvgIpc) is 3.32. The largest absolute Gasteiger partial charge is 0.495 e. The van der Waals surface area contributed by atoms with Gasteiger partial charge >= 0.3 is 0 Å². The number of carbonyl (C=O) groups is 1. The highest BCUT2D eigenvalue weighted by molar-refractivity contribution is 9.10. The van der Waals surface area contributed by atoms with Gasteiger partial charge in [-0.2, -0.15) is 0 Å². The fourth-order valence-electron chi connectivity index (χ4n) is 6.60. The van der Waals surface area contributed by atoms with E-state index >= 15 is 0 Å². The van der Waals surface area contributed by atoms with Crippen LogP contribution in [0.3, 0.4) is 0 Å². The van der Waals surface area contributed by atoms with Gasteiger partial charge in [0.2, 0.25) is 5.91 Å². The molecular formula is C29H30BrN3O5. The smallest absolute Gasteiger partial charge is 0.229 e. The van der Waals surface area contributed by atoms with Crippen molar-refractivity contribution in [2.24, 2.45) is 5.92 Å². The molecule has 8 nitrogen and oxygen atoms in total. The minimum Gasteiger partial charge on any atom is -0.495 e. The summed E-state index contributed by atoms with van der Waals surface area (Å²) in [4.78, 5) is 22.5. The summed E-state index contributed by atoms with van der Waals surface area (Å²) in [5, 5.41) is 25.0. The summed E-state index contributed by atoms with van der Waals surface area (Å²) in [5.41, 5.74) is -1.79. The van der Waals surface area contributed by atoms with Crippen molar-refractivity contribution < 1.29 is 24.5 Å². The van der Waals surface area contributed by atoms with E-state index in [1.165, 1.54) is 19.5 Å². The number of benzene rings is 2. The zero-order chi connectivity index (χ0) is 26.7. The molecule has 2 fully saturated rings. The summed E-state index contributed by atoms with van der Waals surface area (Å²) in [6.07, 6.45) is 1.54. The van der Waals surface area contributed by atoms with Crippen LogP contribution in [0.25, 0.3) is 0 Å². The quantitative estimate of drug-likeness (QED) is 0.490. The van der Waals surface area contributed by atoms with E-state index in [1.807, 2.05) is 61.6 Å². The Bertz CT molecular complexity index is 1350. The molecule has 2 aromatic carbocycles. The monoisotopic (exact) mass is 579 g/mol. The minimum absolute atomic E-state index is 0.197. The molecule has 5 atom stereocenters. The van der Waals surface area contributed by atoms with Gasteiger partial charge in [-0.1, -0.05) is 58.4 Å². The third-order valence-electron chi connectivity index (χ3n) is 8.41. The Labute approximate surface area is 229 Å². The van der Waals surface area contributed by atoms with E-state index in [0.29, 0.717) is 35.7 Å². The first kappa shape index (κ1) is 25.3. The Morgan fingerprint density at radius 2 is 1.76 bits per heavy atom. The molecule has 1 saturated carbocycles. The summed E-state index contributed by atoms with van der Waals surface area (Å²) in [5.74, 6) is -1.27. The number of aromatic nitrogens is 1. The number of halogens is 1. The van der Waals surface area contributed by atoms with E-state index in [0.717, 1.165) is 23.1 Å². The molecular weight excluding hydrogens is 550 g/mol. The molecule has 3 heterocycles. The Hall–Kier alpha value is -2.98. The van der Waals surface area contributed by atoms with Crippen molar-refractivity contribution >= 4 is 21.8 Å². The van der Waals surface area contributed by atoms with Crippen LogP contribution in [0.4, 0.5) is 0 Å². The van der Waals surface area contributed by atoms with Gasteiger partial charge in [0.15, 0.2) is 11.2 Å². The van der Waals surface area contributed by atoms with Crippen LogP contribution < -0.4 is 9.47 Å². The second kappa shape index (κ2) is 9.34. The van der Waals surface area contributed by atoms with Crippen molar-refractivity contribution in [3.05, 3.63) is 88.2 Å². The predicted molar refractivity (Wildman–Crippen MR) is 144 cm³/mol. The van der Waals surface area contributed by atoms with E-state index in [2.05, 4.69) is 25.8 Å². The number of rotatable bonds is 4. The molecule has 1 saturated heterocycles. The predicted octanol–water partition coefficient (Wildman–Crippen LogP) is 2.88. The lowest BCUT2D eigenvalue weighted by molar-refractivity contribution is -0.157. The fourth-order valence-corrected chi connectivity index (χ4v) is 6.87. The number of pyridine rings is 1. The molecule has 3 aromatic rings. The van der Waals surface area contributed by atoms with Crippen molar-refractivity contribution in [2.75, 3.05) is 40.3 Å². The maximum atomic E-state index is 14.3. The number of aliphatic hydroxyl groups is 2. The van der Waals surface area contributed by atoms with Crippen molar-refractivity contribution in [3.63, 3.8) is 0 Å². The summed E-state index contributed by atoms with van der Waals surface area (Å²) in [6.45, 7) is 2.58. The molecule has 9 heteroatoms. The maximum absolute atomic E-state index is 14.3. The number of hydrogen-bond donors (Lipinski definition) is 2. The molecule has 6 rings (SSSR count). The first-order chi connectivity index (χ1) is 18.3. The van der Waals surface area contributed by atoms with E-state index < -0.39 is 29.1 Å². The summed E-state index contributed by atoms with van der Waals surface area (Å²) >= 11 is 3.51. The third kappa shape index (κ3) is 3.45. The van der Waals surface area contributed by atoms with E-state index in [1.54, 1.807) is 4.90 Å². The highest BCUT2D eigenvalue weighted by Gasteiger charge is 2.78. The molecule has 1 aliphatic carbocycles. The summed E-state index contributed by atoms with van der Waals surface area (Å²) in [7, 11) is 3.52. The van der Waals surface area contributed by atoms with Crippen LogP contribution in [0.2, 0.25) is 0 Å². The SMILES string of the molecule is COc1cncc2c1[C@]1(O)[C@H](O)[C@H](C(=O)N3CCN(C)CC3)C(c3ccccc3)[C@]1(c1ccc(Br)cc1)O2. The van der Waals surface area contributed by atoms with Crippen molar-refractivity contribution in [1.82, 2.24) is 14.8 Å². The number of ether oxygens (including phenoxy) is 2. The topological polar surface area (TPSA) is 95.4 Å². The first-order valence-electron chi connectivity index (χ1n) is 12.7. The van der Waals surface area contributed by atoms with Gasteiger partial charge < -0.3 is 29.5 Å². The maximum Gasteiger partial charge on any atom is 0.229 e. The van der Waals surface area contributed by atoms with Gasteiger partial charge in [-0.15, -0.1) is 0 Å². The number of carbonyl (C=O) groups excluding carboxylic acids is 1. The van der Waals surface area contributed by atoms with Crippen LogP contribution in [-0.2, 0) is 16.0 Å². The van der Waals surface area contributed by atoms with Gasteiger partial charge in [-0.3, -0.25) is 9.78 Å². The van der Waals surface area contributed by atoms with Crippen LogP contribution in [0.15, 0.2) is 71.5 Å². The Balaban J connectivity index is 1.62. The second-order valence-electron chi connectivity index (χ2n) is 10.3. The molecule has 198 valence electrons. The molecule has 1 amide bonds. The lowest BCUT2D eigenvalue weighted by Crippen LogP contribution is -2.52. The van der Waals surface area contributed by atoms with Gasteiger partial charge in [0.25, 0.3) is 0 Å². The summed E-state index contributed by atoms with van der Waals surface area (Å²) < 4.78 is 13.2. The Kier molecular flexibility index (Phi) is 6.22.